The van der Waals surface area contributed by atoms with Crippen molar-refractivity contribution in [1.82, 2.24) is 15.4 Å². The first-order valence-corrected chi connectivity index (χ1v) is 11.6. The van der Waals surface area contributed by atoms with Gasteiger partial charge in [-0.2, -0.15) is 0 Å². The molecular formula is C23H25N3O4S. The zero-order valence-corrected chi connectivity index (χ0v) is 18.5. The zero-order valence-electron chi connectivity index (χ0n) is 17.7. The average molecular weight is 440 g/mol. The third-order valence-corrected chi connectivity index (χ3v) is 6.89. The number of carbonyl (C=O) groups excluding carboxylic acids is 2. The molecule has 7 nitrogen and oxygen atoms in total. The maximum absolute atomic E-state index is 12.7. The molecule has 0 aliphatic carbocycles. The van der Waals surface area contributed by atoms with E-state index in [1.165, 1.54) is 12.1 Å². The molecule has 0 spiro atoms. The van der Waals surface area contributed by atoms with E-state index < -0.39 is 21.7 Å². The van der Waals surface area contributed by atoms with Crippen LogP contribution in [0.1, 0.15) is 45.4 Å². The van der Waals surface area contributed by atoms with Crippen molar-refractivity contribution in [2.24, 2.45) is 0 Å². The number of nitrogens with zero attached hydrogens (tertiary/aromatic N) is 1. The topological polar surface area (TPSA) is 97.3 Å². The summed E-state index contributed by atoms with van der Waals surface area (Å²) in [6, 6.07) is 17.3. The molecule has 0 fully saturated rings. The van der Waals surface area contributed by atoms with E-state index in [0.29, 0.717) is 12.0 Å². The third kappa shape index (κ3) is 4.69. The zero-order chi connectivity index (χ0) is 22.6. The molecule has 3 aromatic rings. The number of aryl methyl sites for hydroxylation is 1. The van der Waals surface area contributed by atoms with Gasteiger partial charge >= 0.3 is 0 Å². The number of para-hydroxylation sites is 1. The van der Waals surface area contributed by atoms with Crippen LogP contribution in [0.4, 0.5) is 0 Å². The van der Waals surface area contributed by atoms with E-state index >= 15 is 0 Å². The van der Waals surface area contributed by atoms with Gasteiger partial charge in [0.05, 0.1) is 21.8 Å². The van der Waals surface area contributed by atoms with Gasteiger partial charge < -0.3 is 4.57 Å². The minimum absolute atomic E-state index is 0.00833. The monoisotopic (exact) mass is 439 g/mol. The van der Waals surface area contributed by atoms with Crippen molar-refractivity contribution in [3.8, 4) is 5.69 Å². The van der Waals surface area contributed by atoms with Gasteiger partial charge in [0.15, 0.2) is 9.84 Å². The molecule has 0 aliphatic rings. The Morgan fingerprint density at radius 1 is 0.871 bits per heavy atom. The summed E-state index contributed by atoms with van der Waals surface area (Å²) in [6.07, 6.45) is 0.437. The van der Waals surface area contributed by atoms with Gasteiger partial charge in [0.1, 0.15) is 0 Å². The summed E-state index contributed by atoms with van der Waals surface area (Å²) in [5, 5.41) is 0. The first-order chi connectivity index (χ1) is 14.8. The number of amides is 2. The number of carbonyl (C=O) groups is 2. The highest BCUT2D eigenvalue weighted by Gasteiger charge is 2.22. The summed E-state index contributed by atoms with van der Waals surface area (Å²) in [4.78, 5) is 25.3. The van der Waals surface area contributed by atoms with Crippen LogP contribution in [0.15, 0.2) is 65.6 Å². The van der Waals surface area contributed by atoms with Crippen LogP contribution in [-0.2, 0) is 9.84 Å². The molecule has 2 N–H and O–H groups in total. The van der Waals surface area contributed by atoms with Crippen LogP contribution in [0.5, 0.6) is 0 Å². The fourth-order valence-corrected chi connectivity index (χ4v) is 5.06. The van der Waals surface area contributed by atoms with Gasteiger partial charge in [-0.3, -0.25) is 20.4 Å². The molecule has 1 aromatic heterocycles. The van der Waals surface area contributed by atoms with Crippen molar-refractivity contribution >= 4 is 21.7 Å². The van der Waals surface area contributed by atoms with Crippen LogP contribution in [0, 0.1) is 13.8 Å². The van der Waals surface area contributed by atoms with E-state index in [2.05, 4.69) is 10.9 Å². The number of aromatic nitrogens is 1. The largest absolute Gasteiger partial charge is 0.318 e. The fraction of sp³-hybridized carbons (Fsp3) is 0.217. The van der Waals surface area contributed by atoms with E-state index in [1.54, 1.807) is 25.1 Å². The lowest BCUT2D eigenvalue weighted by molar-refractivity contribution is 0.0844. The highest BCUT2D eigenvalue weighted by Crippen LogP contribution is 2.21. The van der Waals surface area contributed by atoms with Crippen molar-refractivity contribution in [3.63, 3.8) is 0 Å². The Labute approximate surface area is 182 Å². The Morgan fingerprint density at radius 2 is 1.45 bits per heavy atom. The second-order valence-electron chi connectivity index (χ2n) is 7.18. The number of nitrogens with one attached hydrogen (secondary N) is 2. The Balaban J connectivity index is 1.79. The van der Waals surface area contributed by atoms with E-state index in [0.717, 1.165) is 17.1 Å². The average Bonchev–Trinajstić information content (AvgIpc) is 3.06. The van der Waals surface area contributed by atoms with Crippen LogP contribution in [0.2, 0.25) is 0 Å². The number of sulfone groups is 1. The normalized spacial score (nSPS) is 11.2. The lowest BCUT2D eigenvalue weighted by Crippen LogP contribution is -2.42. The molecule has 2 aromatic carbocycles. The Bertz CT molecular complexity index is 1210. The van der Waals surface area contributed by atoms with Crippen molar-refractivity contribution in [1.29, 1.82) is 0 Å². The van der Waals surface area contributed by atoms with E-state index in [9.17, 15) is 18.0 Å². The van der Waals surface area contributed by atoms with Gasteiger partial charge in [0.25, 0.3) is 11.8 Å². The minimum atomic E-state index is -3.59. The highest BCUT2D eigenvalue weighted by atomic mass is 32.2. The van der Waals surface area contributed by atoms with Crippen LogP contribution < -0.4 is 10.9 Å². The number of rotatable bonds is 6. The molecule has 0 saturated heterocycles. The third-order valence-electron chi connectivity index (χ3n) is 4.92. The molecule has 0 bridgehead atoms. The molecule has 8 heteroatoms. The van der Waals surface area contributed by atoms with Gasteiger partial charge in [-0.05, 0) is 50.6 Å². The number of benzene rings is 2. The molecule has 0 aliphatic heterocycles. The number of hydrogen-bond acceptors (Lipinski definition) is 4. The van der Waals surface area contributed by atoms with Crippen molar-refractivity contribution < 1.29 is 18.0 Å². The predicted octanol–water partition coefficient (Wildman–Crippen LogP) is 3.35. The van der Waals surface area contributed by atoms with Gasteiger partial charge in [0, 0.05) is 17.1 Å². The first kappa shape index (κ1) is 22.3. The predicted molar refractivity (Wildman–Crippen MR) is 119 cm³/mol. The summed E-state index contributed by atoms with van der Waals surface area (Å²) in [7, 11) is -3.59. The van der Waals surface area contributed by atoms with E-state index in [4.69, 9.17) is 0 Å². The van der Waals surface area contributed by atoms with Crippen LogP contribution in [0.25, 0.3) is 5.69 Å². The lowest BCUT2D eigenvalue weighted by Gasteiger charge is -2.12. The highest BCUT2D eigenvalue weighted by molar-refractivity contribution is 7.91. The molecule has 1 heterocycles. The quantitative estimate of drug-likeness (QED) is 0.576. The summed E-state index contributed by atoms with van der Waals surface area (Å²) < 4.78 is 26.9. The molecule has 0 saturated carbocycles. The fourth-order valence-electron chi connectivity index (χ4n) is 3.52. The first-order valence-electron chi connectivity index (χ1n) is 9.93. The SMILES string of the molecule is CCCS(=O)(=O)c1ccccc1C(=O)NNC(=O)c1cc(C)n(-c2ccccc2)c1C. The second-order valence-corrected chi connectivity index (χ2v) is 9.26. The van der Waals surface area contributed by atoms with Crippen LogP contribution >= 0.6 is 0 Å². The molecule has 0 unspecified atom stereocenters. The molecule has 162 valence electrons. The summed E-state index contributed by atoms with van der Waals surface area (Å²) in [5.41, 5.74) is 7.65. The standard InChI is InChI=1S/C23H25N3O4S/c1-4-14-31(29,30)21-13-9-8-12-19(21)22(27)24-25-23(28)20-15-16(2)26(17(20)3)18-10-6-5-7-11-18/h5-13,15H,4,14H2,1-3H3,(H,24,27)(H,25,28). The Hall–Kier alpha value is -3.39. The van der Waals surface area contributed by atoms with Gasteiger partial charge in [-0.15, -0.1) is 0 Å². The number of hydrogen-bond donors (Lipinski definition) is 2. The smallest absolute Gasteiger partial charge is 0.271 e. The van der Waals surface area contributed by atoms with Crippen molar-refractivity contribution in [2.75, 3.05) is 5.75 Å². The minimum Gasteiger partial charge on any atom is -0.318 e. The van der Waals surface area contributed by atoms with Gasteiger partial charge in [-0.1, -0.05) is 37.3 Å². The maximum atomic E-state index is 12.7. The van der Waals surface area contributed by atoms with E-state index in [1.807, 2.05) is 48.7 Å². The van der Waals surface area contributed by atoms with E-state index in [-0.39, 0.29) is 16.2 Å². The van der Waals surface area contributed by atoms with Gasteiger partial charge in [0.2, 0.25) is 0 Å². The Morgan fingerprint density at radius 3 is 2.10 bits per heavy atom. The molecule has 0 radical (unpaired) electrons. The van der Waals surface area contributed by atoms with Gasteiger partial charge in [-0.25, -0.2) is 8.42 Å². The second kappa shape index (κ2) is 9.18. The summed E-state index contributed by atoms with van der Waals surface area (Å²) >= 11 is 0. The molecular weight excluding hydrogens is 414 g/mol. The molecule has 2 amide bonds. The maximum Gasteiger partial charge on any atom is 0.271 e. The summed E-state index contributed by atoms with van der Waals surface area (Å²) in [6.45, 7) is 5.47. The summed E-state index contributed by atoms with van der Waals surface area (Å²) in [5.74, 6) is -1.24. The Kier molecular flexibility index (Phi) is 6.60. The van der Waals surface area contributed by atoms with Crippen molar-refractivity contribution in [3.05, 3.63) is 83.2 Å². The van der Waals surface area contributed by atoms with Crippen LogP contribution in [-0.4, -0.2) is 30.6 Å². The van der Waals surface area contributed by atoms with Crippen molar-refractivity contribution in [2.45, 2.75) is 32.1 Å². The molecule has 31 heavy (non-hydrogen) atoms. The molecule has 0 atom stereocenters. The number of hydrazine groups is 1. The molecule has 3 rings (SSSR count). The lowest BCUT2D eigenvalue weighted by atomic mass is 10.2. The van der Waals surface area contributed by atoms with Crippen LogP contribution in [0.3, 0.4) is 0 Å².